The molecule has 1 aromatic rings. The molecule has 2 atom stereocenters. The fourth-order valence-electron chi connectivity index (χ4n) is 2.41. The summed E-state index contributed by atoms with van der Waals surface area (Å²) in [6.07, 6.45) is 0. The predicted octanol–water partition coefficient (Wildman–Crippen LogP) is 0.807. The quantitative estimate of drug-likeness (QED) is 0.619. The fraction of sp³-hybridized carbons (Fsp3) is 0.667. The minimum atomic E-state index is 0.224. The van der Waals surface area contributed by atoms with E-state index in [1.165, 1.54) is 9.75 Å². The Morgan fingerprint density at radius 1 is 1.41 bits per heavy atom. The van der Waals surface area contributed by atoms with Crippen LogP contribution in [0.15, 0.2) is 12.1 Å². The topological polar surface area (TPSA) is 44.5 Å². The van der Waals surface area contributed by atoms with Gasteiger partial charge in [0.05, 0.1) is 6.04 Å². The molecule has 1 aromatic heterocycles. The molecule has 0 saturated carbocycles. The van der Waals surface area contributed by atoms with Crippen molar-refractivity contribution in [3.8, 4) is 0 Å². The van der Waals surface area contributed by atoms with Gasteiger partial charge in [0, 0.05) is 35.4 Å². The minimum Gasteiger partial charge on any atom is -0.303 e. The third kappa shape index (κ3) is 2.86. The van der Waals surface area contributed by atoms with Crippen molar-refractivity contribution < 1.29 is 0 Å². The van der Waals surface area contributed by atoms with Crippen molar-refractivity contribution in [2.45, 2.75) is 19.0 Å². The smallest absolute Gasteiger partial charge is 0.0720 e. The summed E-state index contributed by atoms with van der Waals surface area (Å²) < 4.78 is 0. The van der Waals surface area contributed by atoms with E-state index in [1.54, 1.807) is 0 Å². The van der Waals surface area contributed by atoms with Gasteiger partial charge in [-0.25, -0.2) is 0 Å². The molecule has 96 valence electrons. The summed E-state index contributed by atoms with van der Waals surface area (Å²) in [5.74, 6) is 5.76. The average molecular weight is 254 g/mol. The first-order chi connectivity index (χ1) is 8.11. The van der Waals surface area contributed by atoms with E-state index in [0.29, 0.717) is 6.04 Å². The SMILES string of the molecule is Cc1ccc(C(NN)C2CN(C)CCN2C)s1. The summed E-state index contributed by atoms with van der Waals surface area (Å²) in [5, 5.41) is 0. The number of aryl methyl sites for hydroxylation is 1. The van der Waals surface area contributed by atoms with Crippen LogP contribution in [-0.4, -0.2) is 49.6 Å². The number of hydrogen-bond donors (Lipinski definition) is 2. The molecule has 0 spiro atoms. The number of nitrogens with two attached hydrogens (primary N) is 1. The van der Waals surface area contributed by atoms with Crippen molar-refractivity contribution in [1.29, 1.82) is 0 Å². The largest absolute Gasteiger partial charge is 0.303 e. The molecular formula is C12H22N4S. The van der Waals surface area contributed by atoms with E-state index in [0.717, 1.165) is 19.6 Å². The van der Waals surface area contributed by atoms with E-state index in [2.05, 4.69) is 48.4 Å². The van der Waals surface area contributed by atoms with Crippen molar-refractivity contribution in [1.82, 2.24) is 15.2 Å². The third-order valence-electron chi connectivity index (χ3n) is 3.53. The molecule has 0 amide bonds. The molecule has 1 saturated heterocycles. The average Bonchev–Trinajstić information content (AvgIpc) is 2.71. The van der Waals surface area contributed by atoms with Gasteiger partial charge in [-0.05, 0) is 33.2 Å². The standard InChI is InChI=1S/C12H22N4S/c1-9-4-5-11(17-9)12(14-13)10-8-15(2)6-7-16(10)3/h4-5,10,12,14H,6-8,13H2,1-3H3. The number of rotatable bonds is 3. The van der Waals surface area contributed by atoms with Gasteiger partial charge >= 0.3 is 0 Å². The number of hydrogen-bond acceptors (Lipinski definition) is 5. The monoisotopic (exact) mass is 254 g/mol. The molecule has 0 bridgehead atoms. The first-order valence-electron chi connectivity index (χ1n) is 6.03. The maximum atomic E-state index is 5.76. The van der Waals surface area contributed by atoms with Crippen LogP contribution < -0.4 is 11.3 Å². The van der Waals surface area contributed by atoms with Gasteiger partial charge in [0.25, 0.3) is 0 Å². The Hall–Kier alpha value is -0.460. The molecule has 0 radical (unpaired) electrons. The zero-order chi connectivity index (χ0) is 12.4. The summed E-state index contributed by atoms with van der Waals surface area (Å²) in [4.78, 5) is 7.44. The molecule has 2 rings (SSSR count). The van der Waals surface area contributed by atoms with Crippen LogP contribution in [0.2, 0.25) is 0 Å². The second-order valence-electron chi connectivity index (χ2n) is 4.90. The van der Waals surface area contributed by atoms with Gasteiger partial charge in [-0.15, -0.1) is 11.3 Å². The lowest BCUT2D eigenvalue weighted by Crippen LogP contribution is -2.55. The highest BCUT2D eigenvalue weighted by atomic mass is 32.1. The fourth-order valence-corrected chi connectivity index (χ4v) is 3.40. The summed E-state index contributed by atoms with van der Waals surface area (Å²) >= 11 is 1.83. The lowest BCUT2D eigenvalue weighted by atomic mass is 10.0. The number of likely N-dealkylation sites (N-methyl/N-ethyl adjacent to an activating group) is 2. The van der Waals surface area contributed by atoms with E-state index >= 15 is 0 Å². The van der Waals surface area contributed by atoms with Gasteiger partial charge in [0.1, 0.15) is 0 Å². The Kier molecular flexibility index (Phi) is 4.17. The first-order valence-corrected chi connectivity index (χ1v) is 6.84. The number of nitrogens with zero attached hydrogens (tertiary/aromatic N) is 2. The molecule has 2 heterocycles. The van der Waals surface area contributed by atoms with Gasteiger partial charge in [-0.1, -0.05) is 0 Å². The van der Waals surface area contributed by atoms with Crippen molar-refractivity contribution >= 4 is 11.3 Å². The van der Waals surface area contributed by atoms with Crippen LogP contribution in [0.3, 0.4) is 0 Å². The highest BCUT2D eigenvalue weighted by Gasteiger charge is 2.30. The number of nitrogens with one attached hydrogen (secondary N) is 1. The summed E-state index contributed by atoms with van der Waals surface area (Å²) in [6, 6.07) is 5.02. The van der Waals surface area contributed by atoms with Crippen molar-refractivity contribution in [3.05, 3.63) is 21.9 Å². The molecule has 5 heteroatoms. The Balaban J connectivity index is 2.16. The summed E-state index contributed by atoms with van der Waals surface area (Å²) in [5.41, 5.74) is 2.99. The Morgan fingerprint density at radius 3 is 2.76 bits per heavy atom. The minimum absolute atomic E-state index is 0.224. The van der Waals surface area contributed by atoms with Crippen LogP contribution >= 0.6 is 11.3 Å². The zero-order valence-electron chi connectivity index (χ0n) is 10.8. The second-order valence-corrected chi connectivity index (χ2v) is 6.22. The van der Waals surface area contributed by atoms with E-state index in [4.69, 9.17) is 5.84 Å². The van der Waals surface area contributed by atoms with Gasteiger partial charge in [-0.2, -0.15) is 0 Å². The Labute approximate surface area is 107 Å². The van der Waals surface area contributed by atoms with Crippen LogP contribution in [0.25, 0.3) is 0 Å². The summed E-state index contributed by atoms with van der Waals surface area (Å²) in [7, 11) is 4.36. The Bertz CT molecular complexity index is 365. The maximum Gasteiger partial charge on any atom is 0.0720 e. The van der Waals surface area contributed by atoms with Crippen molar-refractivity contribution in [2.24, 2.45) is 5.84 Å². The van der Waals surface area contributed by atoms with Crippen molar-refractivity contribution in [2.75, 3.05) is 33.7 Å². The van der Waals surface area contributed by atoms with Gasteiger partial charge < -0.3 is 4.90 Å². The van der Waals surface area contributed by atoms with E-state index in [-0.39, 0.29) is 6.04 Å². The van der Waals surface area contributed by atoms with Gasteiger partial charge in [-0.3, -0.25) is 16.2 Å². The first kappa shape index (κ1) is 13.0. The van der Waals surface area contributed by atoms with Crippen LogP contribution in [-0.2, 0) is 0 Å². The zero-order valence-corrected chi connectivity index (χ0v) is 11.6. The van der Waals surface area contributed by atoms with Gasteiger partial charge in [0.2, 0.25) is 0 Å². The number of piperazine rings is 1. The molecule has 1 aliphatic heterocycles. The second kappa shape index (κ2) is 5.46. The number of thiophene rings is 1. The van der Waals surface area contributed by atoms with E-state index < -0.39 is 0 Å². The van der Waals surface area contributed by atoms with E-state index in [9.17, 15) is 0 Å². The van der Waals surface area contributed by atoms with Crippen molar-refractivity contribution in [3.63, 3.8) is 0 Å². The molecule has 17 heavy (non-hydrogen) atoms. The highest BCUT2D eigenvalue weighted by Crippen LogP contribution is 2.28. The molecule has 2 unspecified atom stereocenters. The Morgan fingerprint density at radius 2 is 2.18 bits per heavy atom. The maximum absolute atomic E-state index is 5.76. The molecular weight excluding hydrogens is 232 g/mol. The number of hydrazine groups is 1. The molecule has 3 N–H and O–H groups in total. The molecule has 1 fully saturated rings. The highest BCUT2D eigenvalue weighted by molar-refractivity contribution is 7.12. The normalized spacial score (nSPS) is 25.1. The van der Waals surface area contributed by atoms with E-state index in [1.807, 2.05) is 11.3 Å². The third-order valence-corrected chi connectivity index (χ3v) is 4.62. The predicted molar refractivity (Wildman–Crippen MR) is 73.0 cm³/mol. The molecule has 4 nitrogen and oxygen atoms in total. The molecule has 0 aliphatic carbocycles. The van der Waals surface area contributed by atoms with Crippen LogP contribution in [0.5, 0.6) is 0 Å². The summed E-state index contributed by atoms with van der Waals surface area (Å²) in [6.45, 7) is 5.43. The van der Waals surface area contributed by atoms with Crippen LogP contribution in [0, 0.1) is 6.92 Å². The lowest BCUT2D eigenvalue weighted by molar-refractivity contribution is 0.0885. The lowest BCUT2D eigenvalue weighted by Gasteiger charge is -2.41. The van der Waals surface area contributed by atoms with Gasteiger partial charge in [0.15, 0.2) is 0 Å². The van der Waals surface area contributed by atoms with Crippen LogP contribution in [0.1, 0.15) is 15.8 Å². The van der Waals surface area contributed by atoms with Crippen LogP contribution in [0.4, 0.5) is 0 Å². The molecule has 1 aliphatic rings. The molecule has 0 aromatic carbocycles.